The normalized spacial score (nSPS) is 12.5. The molecule has 0 heterocycles. The Kier molecular flexibility index (Phi) is 2.71. The number of hydrogen-bond acceptors (Lipinski definition) is 2. The number of hydrogen-bond donors (Lipinski definition) is 0. The van der Waals surface area contributed by atoms with E-state index < -0.39 is 11.9 Å². The van der Waals surface area contributed by atoms with Crippen LogP contribution in [0.15, 0.2) is 18.2 Å². The summed E-state index contributed by atoms with van der Waals surface area (Å²) in [6, 6.07) is 5.68. The summed E-state index contributed by atoms with van der Waals surface area (Å²) in [5, 5.41) is 10.7. The highest BCUT2D eigenvalue weighted by Gasteiger charge is 2.09. The van der Waals surface area contributed by atoms with Crippen molar-refractivity contribution in [3.63, 3.8) is 0 Å². The van der Waals surface area contributed by atoms with Crippen molar-refractivity contribution in [2.24, 2.45) is 0 Å². The van der Waals surface area contributed by atoms with E-state index in [9.17, 15) is 9.90 Å². The first-order valence-corrected chi connectivity index (χ1v) is 4.31. The van der Waals surface area contributed by atoms with Gasteiger partial charge in [-0.1, -0.05) is 25.1 Å². The van der Waals surface area contributed by atoms with Crippen molar-refractivity contribution in [3.05, 3.63) is 34.9 Å². The van der Waals surface area contributed by atoms with Gasteiger partial charge in [-0.05, 0) is 30.5 Å². The minimum Gasteiger partial charge on any atom is -0.550 e. The molecule has 0 aliphatic heterocycles. The van der Waals surface area contributed by atoms with Crippen molar-refractivity contribution in [1.82, 2.24) is 0 Å². The summed E-state index contributed by atoms with van der Waals surface area (Å²) in [7, 11) is 0. The molecular formula is C11H13O2-. The molecule has 0 aromatic heterocycles. The first-order valence-electron chi connectivity index (χ1n) is 4.31. The molecule has 0 bridgehead atoms. The lowest BCUT2D eigenvalue weighted by molar-refractivity contribution is -0.307. The van der Waals surface area contributed by atoms with Gasteiger partial charge in [0.15, 0.2) is 0 Å². The Morgan fingerprint density at radius 2 is 2.00 bits per heavy atom. The van der Waals surface area contributed by atoms with E-state index in [1.807, 2.05) is 32.0 Å². The third-order valence-electron chi connectivity index (χ3n) is 2.47. The lowest BCUT2D eigenvalue weighted by Crippen LogP contribution is -2.28. The number of benzene rings is 1. The molecule has 0 saturated heterocycles. The zero-order valence-corrected chi connectivity index (χ0v) is 8.13. The summed E-state index contributed by atoms with van der Waals surface area (Å²) >= 11 is 0. The predicted octanol–water partition coefficient (Wildman–Crippen LogP) is 1.16. The molecule has 0 radical (unpaired) electrons. The lowest BCUT2D eigenvalue weighted by Gasteiger charge is -2.16. The quantitative estimate of drug-likeness (QED) is 0.680. The second-order valence-corrected chi connectivity index (χ2v) is 3.33. The van der Waals surface area contributed by atoms with E-state index in [4.69, 9.17) is 0 Å². The lowest BCUT2D eigenvalue weighted by atomic mass is 9.94. The topological polar surface area (TPSA) is 40.1 Å². The number of carbonyl (C=O) groups excluding carboxylic acids is 1. The van der Waals surface area contributed by atoms with Gasteiger partial charge in [-0.2, -0.15) is 0 Å². The average Bonchev–Trinajstić information content (AvgIpc) is 2.08. The van der Waals surface area contributed by atoms with E-state index in [2.05, 4.69) is 0 Å². The van der Waals surface area contributed by atoms with Gasteiger partial charge < -0.3 is 9.90 Å². The summed E-state index contributed by atoms with van der Waals surface area (Å²) in [6.45, 7) is 5.56. The van der Waals surface area contributed by atoms with E-state index in [-0.39, 0.29) is 0 Å². The molecule has 1 atom stereocenters. The molecule has 2 nitrogen and oxygen atoms in total. The number of carboxylic acids is 1. The van der Waals surface area contributed by atoms with Gasteiger partial charge in [0.05, 0.1) is 0 Å². The zero-order chi connectivity index (χ0) is 10.0. The van der Waals surface area contributed by atoms with Crippen LogP contribution < -0.4 is 5.11 Å². The summed E-state index contributed by atoms with van der Waals surface area (Å²) < 4.78 is 0. The molecule has 0 N–H and O–H groups in total. The van der Waals surface area contributed by atoms with Crippen LogP contribution in [0.5, 0.6) is 0 Å². The van der Waals surface area contributed by atoms with Crippen molar-refractivity contribution in [3.8, 4) is 0 Å². The fourth-order valence-corrected chi connectivity index (χ4v) is 1.37. The minimum atomic E-state index is -1.02. The molecule has 0 aliphatic carbocycles. The monoisotopic (exact) mass is 177 g/mol. The van der Waals surface area contributed by atoms with Crippen LogP contribution in [-0.2, 0) is 4.79 Å². The van der Waals surface area contributed by atoms with Crippen LogP contribution in [0, 0.1) is 13.8 Å². The van der Waals surface area contributed by atoms with Crippen LogP contribution >= 0.6 is 0 Å². The van der Waals surface area contributed by atoms with Crippen molar-refractivity contribution in [2.45, 2.75) is 26.7 Å². The van der Waals surface area contributed by atoms with Crippen LogP contribution in [0.3, 0.4) is 0 Å². The van der Waals surface area contributed by atoms with Gasteiger partial charge in [0.2, 0.25) is 0 Å². The largest absolute Gasteiger partial charge is 0.550 e. The highest BCUT2D eigenvalue weighted by molar-refractivity contribution is 5.74. The maximum atomic E-state index is 10.7. The fourth-order valence-electron chi connectivity index (χ4n) is 1.37. The van der Waals surface area contributed by atoms with Crippen molar-refractivity contribution in [2.75, 3.05) is 0 Å². The van der Waals surface area contributed by atoms with Crippen molar-refractivity contribution < 1.29 is 9.90 Å². The van der Waals surface area contributed by atoms with Gasteiger partial charge in [-0.15, -0.1) is 0 Å². The summed E-state index contributed by atoms with van der Waals surface area (Å²) in [5.74, 6) is -1.55. The molecule has 1 aromatic carbocycles. The van der Waals surface area contributed by atoms with Gasteiger partial charge in [-0.3, -0.25) is 0 Å². The van der Waals surface area contributed by atoms with Crippen molar-refractivity contribution in [1.29, 1.82) is 0 Å². The van der Waals surface area contributed by atoms with E-state index >= 15 is 0 Å². The maximum absolute atomic E-state index is 10.7. The van der Waals surface area contributed by atoms with Crippen LogP contribution in [0.2, 0.25) is 0 Å². The van der Waals surface area contributed by atoms with Gasteiger partial charge in [0.25, 0.3) is 0 Å². The molecule has 2 heteroatoms. The van der Waals surface area contributed by atoms with Crippen LogP contribution in [0.25, 0.3) is 0 Å². The van der Waals surface area contributed by atoms with Gasteiger partial charge in [0, 0.05) is 11.9 Å². The summed E-state index contributed by atoms with van der Waals surface area (Å²) in [6.07, 6.45) is 0. The number of aliphatic carboxylic acids is 1. The molecule has 0 fully saturated rings. The Bertz CT molecular complexity index is 329. The van der Waals surface area contributed by atoms with Crippen molar-refractivity contribution >= 4 is 5.97 Å². The smallest absolute Gasteiger partial charge is 0.0486 e. The predicted molar refractivity (Wildman–Crippen MR) is 49.3 cm³/mol. The molecule has 0 aliphatic rings. The standard InChI is InChI=1S/C11H14O2/c1-7-5-4-6-10(8(7)2)9(3)11(12)13/h4-6,9H,1-3H3,(H,12,13)/p-1. The zero-order valence-electron chi connectivity index (χ0n) is 8.13. The van der Waals surface area contributed by atoms with Gasteiger partial charge in [0.1, 0.15) is 0 Å². The SMILES string of the molecule is Cc1cccc(C(C)C(=O)[O-])c1C. The molecule has 1 unspecified atom stereocenters. The molecule has 1 aromatic rings. The molecule has 0 amide bonds. The highest BCUT2D eigenvalue weighted by atomic mass is 16.4. The number of carbonyl (C=O) groups is 1. The van der Waals surface area contributed by atoms with Crippen LogP contribution in [0.4, 0.5) is 0 Å². The average molecular weight is 177 g/mol. The Morgan fingerprint density at radius 3 is 2.54 bits per heavy atom. The maximum Gasteiger partial charge on any atom is 0.0486 e. The molecule has 1 rings (SSSR count). The van der Waals surface area contributed by atoms with Crippen LogP contribution in [-0.4, -0.2) is 5.97 Å². The molecule has 0 saturated carbocycles. The fraction of sp³-hybridized carbons (Fsp3) is 0.364. The number of rotatable bonds is 2. The van der Waals surface area contributed by atoms with E-state index in [1.165, 1.54) is 0 Å². The Hall–Kier alpha value is -1.31. The van der Waals surface area contributed by atoms with Crippen LogP contribution in [0.1, 0.15) is 29.5 Å². The van der Waals surface area contributed by atoms with Gasteiger partial charge in [-0.25, -0.2) is 0 Å². The Balaban J connectivity index is 3.15. The Morgan fingerprint density at radius 1 is 1.38 bits per heavy atom. The molecule has 13 heavy (non-hydrogen) atoms. The van der Waals surface area contributed by atoms with Gasteiger partial charge >= 0.3 is 0 Å². The summed E-state index contributed by atoms with van der Waals surface area (Å²) in [4.78, 5) is 10.7. The van der Waals surface area contributed by atoms with E-state index in [1.54, 1.807) is 6.92 Å². The second kappa shape index (κ2) is 3.60. The second-order valence-electron chi connectivity index (χ2n) is 3.33. The number of carboxylic acid groups (broad SMARTS) is 1. The molecular weight excluding hydrogens is 164 g/mol. The Labute approximate surface area is 78.2 Å². The highest BCUT2D eigenvalue weighted by Crippen LogP contribution is 2.21. The number of aryl methyl sites for hydroxylation is 1. The van der Waals surface area contributed by atoms with E-state index in [0.29, 0.717) is 0 Å². The third kappa shape index (κ3) is 1.89. The summed E-state index contributed by atoms with van der Waals surface area (Å²) in [5.41, 5.74) is 3.00. The molecule has 70 valence electrons. The molecule has 0 spiro atoms. The first-order chi connectivity index (χ1) is 6.04. The minimum absolute atomic E-state index is 0.528. The third-order valence-corrected chi connectivity index (χ3v) is 2.47. The van der Waals surface area contributed by atoms with E-state index in [0.717, 1.165) is 16.7 Å². The first kappa shape index (κ1) is 9.78.